The van der Waals surface area contributed by atoms with Crippen LogP contribution < -0.4 is 5.32 Å². The highest BCUT2D eigenvalue weighted by molar-refractivity contribution is 5.86. The summed E-state index contributed by atoms with van der Waals surface area (Å²) in [5.41, 5.74) is -0.115. The number of amides is 1. The third-order valence-electron chi connectivity index (χ3n) is 3.26. The molecule has 0 fully saturated rings. The van der Waals surface area contributed by atoms with E-state index in [-0.39, 0.29) is 41.4 Å². The SMILES string of the molecule is C=C(C)C(=O)OCC(O)CNC(=O)C(C(C)(C)C)C(C)(C)C. The normalized spacial score (nSPS) is 13.7. The van der Waals surface area contributed by atoms with Crippen molar-refractivity contribution in [2.45, 2.75) is 54.6 Å². The maximum absolute atomic E-state index is 12.4. The van der Waals surface area contributed by atoms with E-state index in [2.05, 4.69) is 11.9 Å². The molecule has 128 valence electrons. The Labute approximate surface area is 134 Å². The molecular formula is C17H31NO4. The molecule has 0 aliphatic carbocycles. The van der Waals surface area contributed by atoms with E-state index in [1.165, 1.54) is 6.92 Å². The molecule has 0 aliphatic rings. The molecule has 22 heavy (non-hydrogen) atoms. The Hall–Kier alpha value is -1.36. The van der Waals surface area contributed by atoms with Crippen molar-refractivity contribution in [1.82, 2.24) is 5.32 Å². The van der Waals surface area contributed by atoms with Crippen molar-refractivity contribution >= 4 is 11.9 Å². The maximum atomic E-state index is 12.4. The molecule has 0 aliphatic heterocycles. The van der Waals surface area contributed by atoms with Gasteiger partial charge in [-0.05, 0) is 17.8 Å². The van der Waals surface area contributed by atoms with E-state index < -0.39 is 12.1 Å². The number of ether oxygens (including phenoxy) is 1. The van der Waals surface area contributed by atoms with Gasteiger partial charge in [0.05, 0.1) is 0 Å². The first-order valence-electron chi connectivity index (χ1n) is 7.55. The summed E-state index contributed by atoms with van der Waals surface area (Å²) in [4.78, 5) is 23.7. The van der Waals surface area contributed by atoms with Crippen LogP contribution in [0.2, 0.25) is 0 Å². The lowest BCUT2D eigenvalue weighted by molar-refractivity contribution is -0.142. The summed E-state index contributed by atoms with van der Waals surface area (Å²) < 4.78 is 4.85. The molecule has 0 aromatic rings. The van der Waals surface area contributed by atoms with Crippen molar-refractivity contribution in [2.75, 3.05) is 13.2 Å². The van der Waals surface area contributed by atoms with Crippen LogP contribution in [-0.2, 0) is 14.3 Å². The van der Waals surface area contributed by atoms with Crippen molar-refractivity contribution < 1.29 is 19.4 Å². The van der Waals surface area contributed by atoms with Gasteiger partial charge in [0.15, 0.2) is 0 Å². The monoisotopic (exact) mass is 313 g/mol. The zero-order valence-electron chi connectivity index (χ0n) is 14.9. The molecule has 0 spiro atoms. The van der Waals surface area contributed by atoms with Gasteiger partial charge in [-0.2, -0.15) is 0 Å². The van der Waals surface area contributed by atoms with Crippen LogP contribution in [0.4, 0.5) is 0 Å². The van der Waals surface area contributed by atoms with Gasteiger partial charge in [0.2, 0.25) is 5.91 Å². The Morgan fingerprint density at radius 2 is 1.59 bits per heavy atom. The molecule has 2 N–H and O–H groups in total. The number of nitrogens with one attached hydrogen (secondary N) is 1. The molecule has 0 heterocycles. The highest BCUT2D eigenvalue weighted by atomic mass is 16.5. The van der Waals surface area contributed by atoms with Crippen molar-refractivity contribution in [3.05, 3.63) is 12.2 Å². The molecule has 5 heteroatoms. The van der Waals surface area contributed by atoms with Gasteiger partial charge in [-0.1, -0.05) is 48.1 Å². The summed E-state index contributed by atoms with van der Waals surface area (Å²) in [6.45, 7) is 17.0. The Morgan fingerprint density at radius 1 is 1.14 bits per heavy atom. The maximum Gasteiger partial charge on any atom is 0.333 e. The minimum Gasteiger partial charge on any atom is -0.460 e. The summed E-state index contributed by atoms with van der Waals surface area (Å²) in [5, 5.41) is 12.5. The number of hydrogen-bond acceptors (Lipinski definition) is 4. The molecule has 0 aromatic carbocycles. The van der Waals surface area contributed by atoms with E-state index in [9.17, 15) is 14.7 Å². The van der Waals surface area contributed by atoms with Crippen LogP contribution in [0, 0.1) is 16.7 Å². The van der Waals surface area contributed by atoms with Crippen LogP contribution in [0.5, 0.6) is 0 Å². The van der Waals surface area contributed by atoms with E-state index >= 15 is 0 Å². The number of carbonyl (C=O) groups is 2. The Balaban J connectivity index is 4.53. The van der Waals surface area contributed by atoms with Crippen LogP contribution in [0.15, 0.2) is 12.2 Å². The van der Waals surface area contributed by atoms with E-state index in [1.807, 2.05) is 41.5 Å². The van der Waals surface area contributed by atoms with Gasteiger partial charge in [0.1, 0.15) is 12.7 Å². The fourth-order valence-corrected chi connectivity index (χ4v) is 2.76. The molecule has 0 radical (unpaired) electrons. The Bertz CT molecular complexity index is 401. The highest BCUT2D eigenvalue weighted by Crippen LogP contribution is 2.39. The van der Waals surface area contributed by atoms with E-state index in [4.69, 9.17) is 4.74 Å². The minimum atomic E-state index is -0.937. The first-order chi connectivity index (χ1) is 9.76. The van der Waals surface area contributed by atoms with Gasteiger partial charge in [-0.15, -0.1) is 0 Å². The second-order valence-electron chi connectivity index (χ2n) is 7.94. The van der Waals surface area contributed by atoms with E-state index in [0.29, 0.717) is 0 Å². The Kier molecular flexibility index (Phi) is 7.29. The molecular weight excluding hydrogens is 282 g/mol. The summed E-state index contributed by atoms with van der Waals surface area (Å²) in [7, 11) is 0. The van der Waals surface area contributed by atoms with Crippen LogP contribution in [0.3, 0.4) is 0 Å². The van der Waals surface area contributed by atoms with Gasteiger partial charge >= 0.3 is 5.97 Å². The smallest absolute Gasteiger partial charge is 0.333 e. The first kappa shape index (κ1) is 20.6. The lowest BCUT2D eigenvalue weighted by Gasteiger charge is -2.39. The lowest BCUT2D eigenvalue weighted by atomic mass is 9.66. The number of carbonyl (C=O) groups excluding carboxylic acids is 2. The number of rotatable bonds is 6. The number of hydrogen-bond donors (Lipinski definition) is 2. The van der Waals surface area contributed by atoms with Gasteiger partial charge in [0.25, 0.3) is 0 Å². The fourth-order valence-electron chi connectivity index (χ4n) is 2.76. The van der Waals surface area contributed by atoms with Gasteiger partial charge in [-0.25, -0.2) is 4.79 Å². The topological polar surface area (TPSA) is 75.6 Å². The highest BCUT2D eigenvalue weighted by Gasteiger charge is 2.40. The molecule has 0 bridgehead atoms. The summed E-state index contributed by atoms with van der Waals surface area (Å²) >= 11 is 0. The van der Waals surface area contributed by atoms with Gasteiger partial charge < -0.3 is 15.2 Å². The van der Waals surface area contributed by atoms with Crippen LogP contribution in [0.1, 0.15) is 48.5 Å². The average molecular weight is 313 g/mol. The van der Waals surface area contributed by atoms with Crippen molar-refractivity contribution in [1.29, 1.82) is 0 Å². The molecule has 5 nitrogen and oxygen atoms in total. The van der Waals surface area contributed by atoms with E-state index in [0.717, 1.165) is 0 Å². The zero-order valence-corrected chi connectivity index (χ0v) is 14.9. The van der Waals surface area contributed by atoms with Gasteiger partial charge in [-0.3, -0.25) is 4.79 Å². The zero-order chi connectivity index (χ0) is 17.7. The predicted octanol–water partition coefficient (Wildman–Crippen LogP) is 2.29. The number of aliphatic hydroxyl groups is 1. The Morgan fingerprint density at radius 3 is 1.95 bits per heavy atom. The molecule has 0 saturated carbocycles. The minimum absolute atomic E-state index is 0.0466. The molecule has 1 unspecified atom stereocenters. The molecule has 0 aromatic heterocycles. The molecule has 0 saturated heterocycles. The molecule has 1 atom stereocenters. The standard InChI is InChI=1S/C17H31NO4/c1-11(2)15(21)22-10-12(19)9-18-14(20)13(16(3,4)5)17(6,7)8/h12-13,19H,1,9-10H2,2-8H3,(H,18,20). The fraction of sp³-hybridized carbons (Fsp3) is 0.765. The quantitative estimate of drug-likeness (QED) is 0.583. The van der Waals surface area contributed by atoms with E-state index in [1.54, 1.807) is 0 Å². The molecule has 0 rings (SSSR count). The summed E-state index contributed by atoms with van der Waals surface area (Å²) in [5.74, 6) is -0.858. The predicted molar refractivity (Wildman–Crippen MR) is 87.2 cm³/mol. The van der Waals surface area contributed by atoms with Crippen LogP contribution >= 0.6 is 0 Å². The average Bonchev–Trinajstić information content (AvgIpc) is 2.29. The molecule has 1 amide bonds. The third-order valence-corrected chi connectivity index (χ3v) is 3.26. The largest absolute Gasteiger partial charge is 0.460 e. The first-order valence-corrected chi connectivity index (χ1v) is 7.55. The number of aliphatic hydroxyl groups excluding tert-OH is 1. The second-order valence-corrected chi connectivity index (χ2v) is 7.94. The second kappa shape index (κ2) is 7.77. The lowest BCUT2D eigenvalue weighted by Crippen LogP contribution is -2.47. The van der Waals surface area contributed by atoms with Crippen LogP contribution in [-0.4, -0.2) is 36.2 Å². The van der Waals surface area contributed by atoms with Crippen molar-refractivity contribution in [3.63, 3.8) is 0 Å². The van der Waals surface area contributed by atoms with Crippen LogP contribution in [0.25, 0.3) is 0 Å². The van der Waals surface area contributed by atoms with Gasteiger partial charge in [0, 0.05) is 18.0 Å². The summed E-state index contributed by atoms with van der Waals surface area (Å²) in [6, 6.07) is 0. The number of esters is 1. The van der Waals surface area contributed by atoms with Crippen molar-refractivity contribution in [2.24, 2.45) is 16.7 Å². The van der Waals surface area contributed by atoms with Crippen molar-refractivity contribution in [3.8, 4) is 0 Å². The third kappa shape index (κ3) is 7.07. The summed E-state index contributed by atoms with van der Waals surface area (Å²) in [6.07, 6.45) is -0.937.